The molecule has 1 aliphatic heterocycles. The smallest absolute Gasteiger partial charge is 0.261 e. The highest BCUT2D eigenvalue weighted by Crippen LogP contribution is 2.34. The minimum absolute atomic E-state index is 0.197. The first-order valence-electron chi connectivity index (χ1n) is 11.3. The molecule has 34 heavy (non-hydrogen) atoms. The number of thiazole rings is 1. The van der Waals surface area contributed by atoms with Crippen molar-refractivity contribution in [2.75, 3.05) is 26.2 Å². The van der Waals surface area contributed by atoms with Crippen molar-refractivity contribution in [1.29, 1.82) is 0 Å². The second-order valence-electron chi connectivity index (χ2n) is 8.71. The molecule has 0 unspecified atom stereocenters. The normalized spacial score (nSPS) is 14.6. The number of aromatic amines is 1. The van der Waals surface area contributed by atoms with Crippen molar-refractivity contribution in [3.05, 3.63) is 46.3 Å². The molecule has 2 N–H and O–H groups in total. The molecule has 0 bridgehead atoms. The van der Waals surface area contributed by atoms with Gasteiger partial charge in [0.05, 0.1) is 22.2 Å². The molecule has 0 aliphatic carbocycles. The Balaban J connectivity index is 1.33. The molecule has 10 nitrogen and oxygen atoms in total. The molecule has 174 valence electrons. The highest BCUT2D eigenvalue weighted by atomic mass is 32.1. The van der Waals surface area contributed by atoms with E-state index in [-0.39, 0.29) is 11.5 Å². The van der Waals surface area contributed by atoms with E-state index in [1.807, 2.05) is 31.0 Å². The maximum Gasteiger partial charge on any atom is 0.261 e. The minimum Gasteiger partial charge on any atom is -0.351 e. The molecular weight excluding hydrogens is 452 g/mol. The van der Waals surface area contributed by atoms with E-state index in [1.54, 1.807) is 16.8 Å². The van der Waals surface area contributed by atoms with Crippen LogP contribution in [0.5, 0.6) is 0 Å². The topological polar surface area (TPSA) is 113 Å². The Morgan fingerprint density at radius 3 is 2.82 bits per heavy atom. The molecule has 6 rings (SSSR count). The summed E-state index contributed by atoms with van der Waals surface area (Å²) in [5.74, 6) is -0.197. The molecular formula is C23H24N8O2S. The van der Waals surface area contributed by atoms with Crippen molar-refractivity contribution in [2.45, 2.75) is 19.8 Å². The van der Waals surface area contributed by atoms with E-state index in [2.05, 4.69) is 30.4 Å². The lowest BCUT2D eigenvalue weighted by Gasteiger charge is -2.14. The van der Waals surface area contributed by atoms with Gasteiger partial charge in [-0.2, -0.15) is 10.2 Å². The molecule has 1 saturated heterocycles. The van der Waals surface area contributed by atoms with Crippen LogP contribution >= 0.6 is 11.3 Å². The second kappa shape index (κ2) is 8.03. The average molecular weight is 477 g/mol. The van der Waals surface area contributed by atoms with Crippen LogP contribution in [0.25, 0.3) is 37.2 Å². The van der Waals surface area contributed by atoms with Crippen LogP contribution in [0.2, 0.25) is 0 Å². The monoisotopic (exact) mass is 476 g/mol. The average Bonchev–Trinajstić information content (AvgIpc) is 3.59. The summed E-state index contributed by atoms with van der Waals surface area (Å²) in [7, 11) is 1.90. The van der Waals surface area contributed by atoms with Gasteiger partial charge >= 0.3 is 0 Å². The Labute approximate surface area is 198 Å². The molecule has 5 aromatic rings. The van der Waals surface area contributed by atoms with Gasteiger partial charge in [-0.05, 0) is 38.9 Å². The number of pyridine rings is 2. The number of nitrogens with zero attached hydrogens (tertiary/aromatic N) is 6. The molecule has 0 saturated carbocycles. The first-order valence-corrected chi connectivity index (χ1v) is 12.1. The molecule has 11 heteroatoms. The van der Waals surface area contributed by atoms with Gasteiger partial charge in [0, 0.05) is 43.8 Å². The highest BCUT2D eigenvalue weighted by Gasteiger charge is 2.19. The predicted octanol–water partition coefficient (Wildman–Crippen LogP) is 2.32. The number of likely N-dealkylation sites (tertiary alicyclic amines) is 1. The van der Waals surface area contributed by atoms with Crippen molar-refractivity contribution in [3.63, 3.8) is 0 Å². The third-order valence-corrected chi connectivity index (χ3v) is 7.70. The fraction of sp³-hybridized carbons (Fsp3) is 0.348. The first kappa shape index (κ1) is 21.0. The van der Waals surface area contributed by atoms with Crippen LogP contribution in [0.1, 0.15) is 28.9 Å². The van der Waals surface area contributed by atoms with E-state index in [1.165, 1.54) is 24.2 Å². The van der Waals surface area contributed by atoms with Crippen LogP contribution in [0, 0.1) is 6.92 Å². The van der Waals surface area contributed by atoms with Crippen LogP contribution in [0.4, 0.5) is 0 Å². The minimum atomic E-state index is -0.248. The Bertz CT molecular complexity index is 1620. The van der Waals surface area contributed by atoms with E-state index < -0.39 is 0 Å². The van der Waals surface area contributed by atoms with Crippen LogP contribution < -0.4 is 10.9 Å². The van der Waals surface area contributed by atoms with Crippen molar-refractivity contribution in [3.8, 4) is 10.4 Å². The van der Waals surface area contributed by atoms with E-state index in [9.17, 15) is 9.59 Å². The summed E-state index contributed by atoms with van der Waals surface area (Å²) in [6, 6.07) is 1.67. The van der Waals surface area contributed by atoms with E-state index >= 15 is 0 Å². The number of aromatic nitrogens is 6. The number of H-pyrrole nitrogens is 1. The maximum absolute atomic E-state index is 13.0. The lowest BCUT2D eigenvalue weighted by molar-refractivity contribution is 0.0949. The highest BCUT2D eigenvalue weighted by molar-refractivity contribution is 7.21. The zero-order valence-corrected chi connectivity index (χ0v) is 19.8. The Morgan fingerprint density at radius 2 is 2.06 bits per heavy atom. The molecule has 5 aromatic heterocycles. The lowest BCUT2D eigenvalue weighted by Crippen LogP contribution is -2.33. The maximum atomic E-state index is 13.0. The Morgan fingerprint density at radius 1 is 1.24 bits per heavy atom. The van der Waals surface area contributed by atoms with Gasteiger partial charge in [0.15, 0.2) is 0 Å². The van der Waals surface area contributed by atoms with Gasteiger partial charge in [-0.1, -0.05) is 0 Å². The molecule has 0 radical (unpaired) electrons. The van der Waals surface area contributed by atoms with Gasteiger partial charge in [0.1, 0.15) is 21.3 Å². The third-order valence-electron chi connectivity index (χ3n) is 6.58. The van der Waals surface area contributed by atoms with Gasteiger partial charge in [-0.3, -0.25) is 19.3 Å². The molecule has 0 atom stereocenters. The van der Waals surface area contributed by atoms with Gasteiger partial charge in [-0.25, -0.2) is 4.52 Å². The van der Waals surface area contributed by atoms with Crippen molar-refractivity contribution in [2.24, 2.45) is 7.05 Å². The van der Waals surface area contributed by atoms with Crippen molar-refractivity contribution >= 4 is 44.0 Å². The molecule has 1 amide bonds. The summed E-state index contributed by atoms with van der Waals surface area (Å²) in [6.07, 6.45) is 7.73. The quantitative estimate of drug-likeness (QED) is 0.403. The fourth-order valence-electron chi connectivity index (χ4n) is 4.57. The van der Waals surface area contributed by atoms with Gasteiger partial charge in [0.25, 0.3) is 11.5 Å². The van der Waals surface area contributed by atoms with Gasteiger partial charge < -0.3 is 15.2 Å². The summed E-state index contributed by atoms with van der Waals surface area (Å²) in [6.45, 7) is 5.62. The van der Waals surface area contributed by atoms with Crippen LogP contribution in [-0.2, 0) is 7.05 Å². The zero-order valence-electron chi connectivity index (χ0n) is 19.0. The number of aryl methyl sites for hydroxylation is 1. The molecule has 1 aliphatic rings. The molecule has 0 spiro atoms. The number of fused-ring (bicyclic) bond motifs is 5. The van der Waals surface area contributed by atoms with Crippen LogP contribution in [0.3, 0.4) is 0 Å². The summed E-state index contributed by atoms with van der Waals surface area (Å²) in [5, 5.41) is 12.4. The second-order valence-corrected chi connectivity index (χ2v) is 9.75. The van der Waals surface area contributed by atoms with E-state index in [0.717, 1.165) is 40.6 Å². The predicted molar refractivity (Wildman–Crippen MR) is 131 cm³/mol. The van der Waals surface area contributed by atoms with Crippen LogP contribution in [0.15, 0.2) is 29.5 Å². The molecule has 1 fully saturated rings. The summed E-state index contributed by atoms with van der Waals surface area (Å²) in [5.41, 5.74) is 3.82. The number of nitrogens with one attached hydrogen (secondary N) is 2. The summed E-state index contributed by atoms with van der Waals surface area (Å²) >= 11 is 1.50. The fourth-order valence-corrected chi connectivity index (χ4v) is 5.72. The third kappa shape index (κ3) is 3.39. The number of carbonyl (C=O) groups excluding carboxylic acids is 1. The summed E-state index contributed by atoms with van der Waals surface area (Å²) in [4.78, 5) is 37.2. The zero-order chi connectivity index (χ0) is 23.4. The number of carbonyl (C=O) groups is 1. The Hall–Kier alpha value is -3.57. The van der Waals surface area contributed by atoms with Crippen molar-refractivity contribution < 1.29 is 4.79 Å². The molecule has 6 heterocycles. The number of amides is 1. The lowest BCUT2D eigenvalue weighted by atomic mass is 10.2. The molecule has 0 aromatic carbocycles. The van der Waals surface area contributed by atoms with Gasteiger partial charge in [0.2, 0.25) is 0 Å². The SMILES string of the molecule is Cc1c(-c2cn3nc4c5ncc(C(=O)NCCN6CCCC6)cc5[nH]c(=O)c4c3s2)cnn1C. The number of rotatable bonds is 5. The van der Waals surface area contributed by atoms with E-state index in [0.29, 0.717) is 34.0 Å². The number of hydrogen-bond acceptors (Lipinski definition) is 7. The first-order chi connectivity index (χ1) is 16.5. The number of hydrogen-bond donors (Lipinski definition) is 2. The Kier molecular flexibility index (Phi) is 4.96. The largest absolute Gasteiger partial charge is 0.351 e. The van der Waals surface area contributed by atoms with Crippen LogP contribution in [-0.4, -0.2) is 66.3 Å². The summed E-state index contributed by atoms with van der Waals surface area (Å²) < 4.78 is 3.55. The van der Waals surface area contributed by atoms with Crippen molar-refractivity contribution in [1.82, 2.24) is 39.6 Å². The van der Waals surface area contributed by atoms with E-state index in [4.69, 9.17) is 0 Å². The standard InChI is InChI=1S/C23H24N8O2S/c1-13-15(11-26-29(13)2)17-12-31-23(34-17)18-20(28-31)19-16(27-22(18)33)9-14(10-25-19)21(32)24-5-8-30-6-3-4-7-30/h9-12H,3-8H2,1-2H3,(H,24,32)(H,27,33). The van der Waals surface area contributed by atoms with Gasteiger partial charge in [-0.15, -0.1) is 11.3 Å².